The molecule has 1 aliphatic heterocycles. The lowest BCUT2D eigenvalue weighted by atomic mass is 10.1. The lowest BCUT2D eigenvalue weighted by Gasteiger charge is -2.29. The SMILES string of the molecule is CC(C)(C)OC(=O)NCCC(=O)N1COCC1(C)C. The largest absolute Gasteiger partial charge is 0.444 e. The molecule has 0 aromatic carbocycles. The normalized spacial score (nSPS) is 18.3. The monoisotopic (exact) mass is 272 g/mol. The van der Waals surface area contributed by atoms with Gasteiger partial charge in [-0.25, -0.2) is 4.79 Å². The molecular formula is C13H24N2O4. The molecule has 1 saturated heterocycles. The highest BCUT2D eigenvalue weighted by atomic mass is 16.6. The van der Waals surface area contributed by atoms with E-state index in [9.17, 15) is 9.59 Å². The van der Waals surface area contributed by atoms with Crippen molar-refractivity contribution in [2.24, 2.45) is 0 Å². The van der Waals surface area contributed by atoms with Crippen LogP contribution in [0.25, 0.3) is 0 Å². The van der Waals surface area contributed by atoms with E-state index in [2.05, 4.69) is 5.32 Å². The maximum Gasteiger partial charge on any atom is 0.407 e. The second-order valence-electron chi connectivity index (χ2n) is 6.29. The van der Waals surface area contributed by atoms with E-state index < -0.39 is 11.7 Å². The molecule has 1 N–H and O–H groups in total. The Hall–Kier alpha value is -1.30. The van der Waals surface area contributed by atoms with Gasteiger partial charge < -0.3 is 19.7 Å². The van der Waals surface area contributed by atoms with Gasteiger partial charge in [0, 0.05) is 13.0 Å². The minimum absolute atomic E-state index is 0.0291. The third kappa shape index (κ3) is 5.06. The molecule has 19 heavy (non-hydrogen) atoms. The number of hydrogen-bond acceptors (Lipinski definition) is 4. The first kappa shape index (κ1) is 15.8. The van der Waals surface area contributed by atoms with Gasteiger partial charge in [-0.05, 0) is 34.6 Å². The van der Waals surface area contributed by atoms with Crippen LogP contribution in [0.4, 0.5) is 4.79 Å². The molecule has 0 aliphatic carbocycles. The molecule has 0 aromatic heterocycles. The maximum absolute atomic E-state index is 12.0. The van der Waals surface area contributed by atoms with Gasteiger partial charge in [-0.15, -0.1) is 0 Å². The average molecular weight is 272 g/mol. The van der Waals surface area contributed by atoms with E-state index in [1.165, 1.54) is 0 Å². The Kier molecular flexibility index (Phi) is 4.79. The van der Waals surface area contributed by atoms with Crippen LogP contribution in [-0.4, -0.2) is 47.9 Å². The molecule has 0 unspecified atom stereocenters. The lowest BCUT2D eigenvalue weighted by molar-refractivity contribution is -0.135. The highest BCUT2D eigenvalue weighted by Gasteiger charge is 2.36. The summed E-state index contributed by atoms with van der Waals surface area (Å²) < 4.78 is 10.4. The minimum Gasteiger partial charge on any atom is -0.444 e. The van der Waals surface area contributed by atoms with Crippen LogP contribution in [0.3, 0.4) is 0 Å². The second-order valence-corrected chi connectivity index (χ2v) is 6.29. The fourth-order valence-corrected chi connectivity index (χ4v) is 1.77. The van der Waals surface area contributed by atoms with Gasteiger partial charge in [-0.2, -0.15) is 0 Å². The summed E-state index contributed by atoms with van der Waals surface area (Å²) in [6, 6.07) is 0. The molecule has 0 atom stereocenters. The van der Waals surface area contributed by atoms with E-state index >= 15 is 0 Å². The van der Waals surface area contributed by atoms with Crippen LogP contribution >= 0.6 is 0 Å². The van der Waals surface area contributed by atoms with E-state index in [-0.39, 0.29) is 24.4 Å². The summed E-state index contributed by atoms with van der Waals surface area (Å²) in [5.41, 5.74) is -0.804. The van der Waals surface area contributed by atoms with Crippen molar-refractivity contribution in [3.05, 3.63) is 0 Å². The molecule has 2 amide bonds. The zero-order valence-electron chi connectivity index (χ0n) is 12.4. The minimum atomic E-state index is -0.529. The van der Waals surface area contributed by atoms with Crippen molar-refractivity contribution in [1.82, 2.24) is 10.2 Å². The summed E-state index contributed by atoms with van der Waals surface area (Å²) in [5, 5.41) is 2.57. The van der Waals surface area contributed by atoms with Crippen LogP contribution in [-0.2, 0) is 14.3 Å². The molecule has 1 fully saturated rings. The number of amides is 2. The molecule has 6 heteroatoms. The molecule has 0 spiro atoms. The summed E-state index contributed by atoms with van der Waals surface area (Å²) >= 11 is 0. The fourth-order valence-electron chi connectivity index (χ4n) is 1.77. The highest BCUT2D eigenvalue weighted by molar-refractivity contribution is 5.78. The summed E-state index contributed by atoms with van der Waals surface area (Å²) in [7, 11) is 0. The lowest BCUT2D eigenvalue weighted by Crippen LogP contribution is -2.45. The zero-order valence-corrected chi connectivity index (χ0v) is 12.4. The third-order valence-electron chi connectivity index (χ3n) is 2.71. The van der Waals surface area contributed by atoms with Gasteiger partial charge in [-0.3, -0.25) is 4.79 Å². The Labute approximate surface area is 114 Å². The Bertz CT molecular complexity index is 347. The van der Waals surface area contributed by atoms with Crippen LogP contribution in [0, 0.1) is 0 Å². The highest BCUT2D eigenvalue weighted by Crippen LogP contribution is 2.21. The number of carbonyl (C=O) groups excluding carboxylic acids is 2. The number of rotatable bonds is 3. The fraction of sp³-hybridized carbons (Fsp3) is 0.846. The number of ether oxygens (including phenoxy) is 2. The van der Waals surface area contributed by atoms with Crippen LogP contribution in [0.15, 0.2) is 0 Å². The van der Waals surface area contributed by atoms with E-state index in [4.69, 9.17) is 9.47 Å². The molecule has 0 radical (unpaired) electrons. The first-order chi connectivity index (χ1) is 8.62. The van der Waals surface area contributed by atoms with Gasteiger partial charge in [0.2, 0.25) is 5.91 Å². The Morgan fingerprint density at radius 3 is 2.47 bits per heavy atom. The van der Waals surface area contributed by atoms with Crippen LogP contribution in [0.1, 0.15) is 41.0 Å². The van der Waals surface area contributed by atoms with Crippen molar-refractivity contribution in [2.45, 2.75) is 52.2 Å². The van der Waals surface area contributed by atoms with Crippen molar-refractivity contribution in [2.75, 3.05) is 19.9 Å². The first-order valence-electron chi connectivity index (χ1n) is 6.47. The summed E-state index contributed by atoms with van der Waals surface area (Å²) in [6.07, 6.45) is -0.260. The van der Waals surface area contributed by atoms with Gasteiger partial charge in [-0.1, -0.05) is 0 Å². The molecule has 0 bridgehead atoms. The number of nitrogens with zero attached hydrogens (tertiary/aromatic N) is 1. The molecule has 1 heterocycles. The summed E-state index contributed by atoms with van der Waals surface area (Å²) in [4.78, 5) is 25.1. The number of hydrogen-bond donors (Lipinski definition) is 1. The smallest absolute Gasteiger partial charge is 0.407 e. The number of nitrogens with one attached hydrogen (secondary N) is 1. The predicted octanol–water partition coefficient (Wildman–Crippen LogP) is 1.50. The van der Waals surface area contributed by atoms with Gasteiger partial charge in [0.05, 0.1) is 12.1 Å². The molecule has 1 rings (SSSR count). The second kappa shape index (κ2) is 5.77. The van der Waals surface area contributed by atoms with E-state index in [1.807, 2.05) is 13.8 Å². The quantitative estimate of drug-likeness (QED) is 0.845. The number of carbonyl (C=O) groups is 2. The Morgan fingerprint density at radius 1 is 1.37 bits per heavy atom. The maximum atomic E-state index is 12.0. The molecule has 0 saturated carbocycles. The molecular weight excluding hydrogens is 248 g/mol. The molecule has 110 valence electrons. The third-order valence-corrected chi connectivity index (χ3v) is 2.71. The predicted molar refractivity (Wildman–Crippen MR) is 70.6 cm³/mol. The van der Waals surface area contributed by atoms with E-state index in [0.29, 0.717) is 13.3 Å². The summed E-state index contributed by atoms with van der Waals surface area (Å²) in [6.45, 7) is 10.4. The van der Waals surface area contributed by atoms with Crippen molar-refractivity contribution in [1.29, 1.82) is 0 Å². The summed E-state index contributed by atoms with van der Waals surface area (Å²) in [5.74, 6) is -0.0291. The van der Waals surface area contributed by atoms with Crippen LogP contribution in [0.2, 0.25) is 0 Å². The Morgan fingerprint density at radius 2 is 2.00 bits per heavy atom. The van der Waals surface area contributed by atoms with Crippen molar-refractivity contribution in [3.8, 4) is 0 Å². The molecule has 0 aromatic rings. The Balaban J connectivity index is 2.30. The van der Waals surface area contributed by atoms with Crippen molar-refractivity contribution < 1.29 is 19.1 Å². The van der Waals surface area contributed by atoms with E-state index in [0.717, 1.165) is 0 Å². The first-order valence-corrected chi connectivity index (χ1v) is 6.47. The van der Waals surface area contributed by atoms with Gasteiger partial charge in [0.1, 0.15) is 12.3 Å². The van der Waals surface area contributed by atoms with Gasteiger partial charge >= 0.3 is 6.09 Å². The molecule has 1 aliphatic rings. The van der Waals surface area contributed by atoms with Gasteiger partial charge in [0.25, 0.3) is 0 Å². The van der Waals surface area contributed by atoms with Crippen molar-refractivity contribution >= 4 is 12.0 Å². The standard InChI is InChI=1S/C13H24N2O4/c1-12(2,3)19-11(17)14-7-6-10(16)15-9-18-8-13(15,4)5/h6-9H2,1-5H3,(H,14,17). The van der Waals surface area contributed by atoms with Gasteiger partial charge in [0.15, 0.2) is 0 Å². The molecule has 6 nitrogen and oxygen atoms in total. The topological polar surface area (TPSA) is 67.9 Å². The van der Waals surface area contributed by atoms with Crippen LogP contribution < -0.4 is 5.32 Å². The van der Waals surface area contributed by atoms with Crippen molar-refractivity contribution in [3.63, 3.8) is 0 Å². The number of alkyl carbamates (subject to hydrolysis) is 1. The van der Waals surface area contributed by atoms with Crippen LogP contribution in [0.5, 0.6) is 0 Å². The average Bonchev–Trinajstić information content (AvgIpc) is 2.55. The van der Waals surface area contributed by atoms with E-state index in [1.54, 1.807) is 25.7 Å². The zero-order chi connectivity index (χ0) is 14.7.